The van der Waals surface area contributed by atoms with Crippen molar-refractivity contribution in [3.63, 3.8) is 0 Å². The monoisotopic (exact) mass is 402 g/mol. The third-order valence-electron chi connectivity index (χ3n) is 5.09. The van der Waals surface area contributed by atoms with Crippen LogP contribution in [0.2, 0.25) is 10.0 Å². The van der Waals surface area contributed by atoms with E-state index in [2.05, 4.69) is 11.1 Å². The van der Waals surface area contributed by atoms with Gasteiger partial charge >= 0.3 is 0 Å². The van der Waals surface area contributed by atoms with Crippen LogP contribution in [0.3, 0.4) is 0 Å². The predicted octanol–water partition coefficient (Wildman–Crippen LogP) is 4.86. The Balaban J connectivity index is 1.72. The van der Waals surface area contributed by atoms with Crippen molar-refractivity contribution in [3.05, 3.63) is 69.8 Å². The maximum Gasteiger partial charge on any atom is 0.223 e. The van der Waals surface area contributed by atoms with Gasteiger partial charge < -0.3 is 14.6 Å². The van der Waals surface area contributed by atoms with Gasteiger partial charge in [0, 0.05) is 42.5 Å². The zero-order valence-electron chi connectivity index (χ0n) is 14.8. The van der Waals surface area contributed by atoms with Crippen LogP contribution < -0.4 is 0 Å². The molecule has 0 bridgehead atoms. The number of aromatic amines is 1. The van der Waals surface area contributed by atoms with E-state index in [0.717, 1.165) is 22.0 Å². The predicted molar refractivity (Wildman–Crippen MR) is 109 cm³/mol. The van der Waals surface area contributed by atoms with E-state index in [1.807, 2.05) is 41.4 Å². The topological polar surface area (TPSA) is 45.3 Å². The molecule has 27 heavy (non-hydrogen) atoms. The molecular weight excluding hydrogens is 383 g/mol. The Bertz CT molecular complexity index is 964. The highest BCUT2D eigenvalue weighted by atomic mass is 35.5. The minimum absolute atomic E-state index is 0.105. The molecule has 0 saturated carbocycles. The van der Waals surface area contributed by atoms with Crippen LogP contribution in [0.4, 0.5) is 0 Å². The second kappa shape index (κ2) is 7.93. The zero-order valence-corrected chi connectivity index (χ0v) is 16.3. The first-order valence-corrected chi connectivity index (χ1v) is 9.75. The third-order valence-corrected chi connectivity index (χ3v) is 5.82. The van der Waals surface area contributed by atoms with Gasteiger partial charge in [-0.15, -0.1) is 0 Å². The molecule has 1 N–H and O–H groups in total. The van der Waals surface area contributed by atoms with E-state index in [9.17, 15) is 4.79 Å². The standard InChI is InChI=1S/C21H20Cl2N2O2/c22-18-6-5-14(11-19(18)23)16(12-21(26)25-7-9-27-10-8-25)17-13-24-20-4-2-1-3-15(17)20/h1-6,11,13,16,24H,7-10,12H2/t16-/m0/s1. The number of H-pyrrole nitrogens is 1. The van der Waals surface area contributed by atoms with Crippen LogP contribution in [0.25, 0.3) is 10.9 Å². The number of aromatic nitrogens is 1. The van der Waals surface area contributed by atoms with E-state index in [1.54, 1.807) is 6.07 Å². The summed E-state index contributed by atoms with van der Waals surface area (Å²) < 4.78 is 5.37. The molecule has 1 atom stereocenters. The number of amides is 1. The molecule has 1 fully saturated rings. The second-order valence-electron chi connectivity index (χ2n) is 6.71. The van der Waals surface area contributed by atoms with E-state index in [-0.39, 0.29) is 11.8 Å². The Hall–Kier alpha value is -2.01. The highest BCUT2D eigenvalue weighted by molar-refractivity contribution is 6.42. The average molecular weight is 403 g/mol. The second-order valence-corrected chi connectivity index (χ2v) is 7.53. The van der Waals surface area contributed by atoms with Gasteiger partial charge in [-0.3, -0.25) is 4.79 Å². The van der Waals surface area contributed by atoms with E-state index in [0.29, 0.717) is 42.8 Å². The van der Waals surface area contributed by atoms with Gasteiger partial charge in [0.05, 0.1) is 23.3 Å². The number of rotatable bonds is 4. The smallest absolute Gasteiger partial charge is 0.223 e. The SMILES string of the molecule is O=C(C[C@@H](c1ccc(Cl)c(Cl)c1)c1c[nH]c2ccccc12)N1CCOCC1. The first kappa shape index (κ1) is 18.4. The average Bonchev–Trinajstić information content (AvgIpc) is 3.13. The number of hydrogen-bond acceptors (Lipinski definition) is 2. The van der Waals surface area contributed by atoms with E-state index < -0.39 is 0 Å². The lowest BCUT2D eigenvalue weighted by atomic mass is 9.87. The van der Waals surface area contributed by atoms with Gasteiger partial charge in [0.2, 0.25) is 5.91 Å². The lowest BCUT2D eigenvalue weighted by molar-refractivity contribution is -0.135. The minimum Gasteiger partial charge on any atom is -0.378 e. The molecule has 1 amide bonds. The Labute approximate surface area is 168 Å². The Morgan fingerprint density at radius 2 is 1.89 bits per heavy atom. The first-order valence-electron chi connectivity index (χ1n) is 9.00. The summed E-state index contributed by atoms with van der Waals surface area (Å²) in [6.45, 7) is 2.47. The molecule has 1 aliphatic heterocycles. The van der Waals surface area contributed by atoms with Crippen LogP contribution in [0.1, 0.15) is 23.5 Å². The summed E-state index contributed by atoms with van der Waals surface area (Å²) in [5, 5.41) is 2.12. The number of carbonyl (C=O) groups excluding carboxylic acids is 1. The van der Waals surface area contributed by atoms with Crippen LogP contribution in [0, 0.1) is 0 Å². The number of benzene rings is 2. The molecule has 4 rings (SSSR count). The summed E-state index contributed by atoms with van der Waals surface area (Å²) in [6, 6.07) is 13.7. The van der Waals surface area contributed by atoms with Crippen LogP contribution in [-0.2, 0) is 9.53 Å². The normalized spacial score (nSPS) is 15.9. The molecule has 0 unspecified atom stereocenters. The highest BCUT2D eigenvalue weighted by Gasteiger charge is 2.25. The van der Waals surface area contributed by atoms with Gasteiger partial charge in [0.25, 0.3) is 0 Å². The third kappa shape index (κ3) is 3.84. The fourth-order valence-electron chi connectivity index (χ4n) is 3.64. The molecular formula is C21H20Cl2N2O2. The van der Waals surface area contributed by atoms with Crippen molar-refractivity contribution in [2.75, 3.05) is 26.3 Å². The summed E-state index contributed by atoms with van der Waals surface area (Å²) in [4.78, 5) is 18.2. The molecule has 4 nitrogen and oxygen atoms in total. The molecule has 1 saturated heterocycles. The number of halogens is 2. The van der Waals surface area contributed by atoms with Crippen LogP contribution in [0.5, 0.6) is 0 Å². The number of nitrogens with one attached hydrogen (secondary N) is 1. The van der Waals surface area contributed by atoms with Crippen molar-refractivity contribution in [1.82, 2.24) is 9.88 Å². The van der Waals surface area contributed by atoms with Crippen LogP contribution >= 0.6 is 23.2 Å². The molecule has 0 radical (unpaired) electrons. The molecule has 1 aliphatic rings. The van der Waals surface area contributed by atoms with Crippen molar-refractivity contribution in [2.24, 2.45) is 0 Å². The first-order chi connectivity index (χ1) is 13.1. The number of nitrogens with zero attached hydrogens (tertiary/aromatic N) is 1. The van der Waals surface area contributed by atoms with Crippen molar-refractivity contribution in [2.45, 2.75) is 12.3 Å². The maximum absolute atomic E-state index is 13.0. The summed E-state index contributed by atoms with van der Waals surface area (Å²) in [6.07, 6.45) is 2.37. The lowest BCUT2D eigenvalue weighted by Crippen LogP contribution is -2.41. The highest BCUT2D eigenvalue weighted by Crippen LogP contribution is 2.36. The van der Waals surface area contributed by atoms with Gasteiger partial charge in [-0.1, -0.05) is 47.5 Å². The van der Waals surface area contributed by atoms with E-state index in [4.69, 9.17) is 27.9 Å². The minimum atomic E-state index is -0.105. The number of morpholine rings is 1. The Kier molecular flexibility index (Phi) is 5.39. The number of para-hydroxylation sites is 1. The van der Waals surface area contributed by atoms with Crippen LogP contribution in [-0.4, -0.2) is 42.1 Å². The van der Waals surface area contributed by atoms with E-state index >= 15 is 0 Å². The summed E-state index contributed by atoms with van der Waals surface area (Å²) in [5.41, 5.74) is 3.12. The molecule has 0 spiro atoms. The van der Waals surface area contributed by atoms with Gasteiger partial charge in [0.15, 0.2) is 0 Å². The van der Waals surface area contributed by atoms with Gasteiger partial charge in [0.1, 0.15) is 0 Å². The van der Waals surface area contributed by atoms with E-state index in [1.165, 1.54) is 0 Å². The Morgan fingerprint density at radius 1 is 1.11 bits per heavy atom. The van der Waals surface area contributed by atoms with Crippen molar-refractivity contribution < 1.29 is 9.53 Å². The maximum atomic E-state index is 13.0. The molecule has 0 aliphatic carbocycles. The number of carbonyl (C=O) groups is 1. The Morgan fingerprint density at radius 3 is 2.67 bits per heavy atom. The molecule has 6 heteroatoms. The number of fused-ring (bicyclic) bond motifs is 1. The zero-order chi connectivity index (χ0) is 18.8. The van der Waals surface area contributed by atoms with Gasteiger partial charge in [-0.05, 0) is 29.3 Å². The fraction of sp³-hybridized carbons (Fsp3) is 0.286. The molecule has 2 heterocycles. The summed E-state index contributed by atoms with van der Waals surface area (Å²) >= 11 is 12.4. The fourth-order valence-corrected chi connectivity index (χ4v) is 3.94. The molecule has 2 aromatic carbocycles. The number of hydrogen-bond donors (Lipinski definition) is 1. The summed E-state index contributed by atoms with van der Waals surface area (Å²) in [7, 11) is 0. The number of ether oxygens (including phenoxy) is 1. The van der Waals surface area contributed by atoms with Crippen LogP contribution in [0.15, 0.2) is 48.7 Å². The van der Waals surface area contributed by atoms with Crippen molar-refractivity contribution in [3.8, 4) is 0 Å². The largest absolute Gasteiger partial charge is 0.378 e. The van der Waals surface area contributed by atoms with Crippen molar-refractivity contribution in [1.29, 1.82) is 0 Å². The van der Waals surface area contributed by atoms with Gasteiger partial charge in [-0.2, -0.15) is 0 Å². The lowest BCUT2D eigenvalue weighted by Gasteiger charge is -2.28. The van der Waals surface area contributed by atoms with Gasteiger partial charge in [-0.25, -0.2) is 0 Å². The molecule has 1 aromatic heterocycles. The quantitative estimate of drug-likeness (QED) is 0.677. The molecule has 3 aromatic rings. The molecule has 140 valence electrons. The van der Waals surface area contributed by atoms with Crippen molar-refractivity contribution >= 4 is 40.0 Å². The summed E-state index contributed by atoms with van der Waals surface area (Å²) in [5.74, 6) is 0.0194.